The van der Waals surface area contributed by atoms with E-state index in [1.807, 2.05) is 19.1 Å². The van der Waals surface area contributed by atoms with E-state index in [0.717, 1.165) is 25.7 Å². The number of carbonyl (C=O) groups is 1. The van der Waals surface area contributed by atoms with Crippen LogP contribution in [0.2, 0.25) is 0 Å². The van der Waals surface area contributed by atoms with Gasteiger partial charge in [0.1, 0.15) is 0 Å². The van der Waals surface area contributed by atoms with E-state index < -0.39 is 0 Å². The van der Waals surface area contributed by atoms with Crippen LogP contribution in [0.5, 0.6) is 0 Å². The minimum Gasteiger partial charge on any atom is -0.466 e. The third kappa shape index (κ3) is 11.5. The van der Waals surface area contributed by atoms with E-state index in [4.69, 9.17) is 4.74 Å². The number of hydrogen-bond acceptors (Lipinski definition) is 2. The van der Waals surface area contributed by atoms with Crippen molar-refractivity contribution in [3.8, 4) is 0 Å². The highest BCUT2D eigenvalue weighted by Gasteiger charge is 2.04. The smallest absolute Gasteiger partial charge is 0.305 e. The summed E-state index contributed by atoms with van der Waals surface area (Å²) >= 11 is 0. The molecule has 0 saturated heterocycles. The number of hydrogen-bond donors (Lipinski definition) is 0. The fourth-order valence-electron chi connectivity index (χ4n) is 1.65. The molecule has 0 saturated carbocycles. The Morgan fingerprint density at radius 1 is 1.33 bits per heavy atom. The first-order chi connectivity index (χ1) is 8.70. The maximum absolute atomic E-state index is 11.4. The van der Waals surface area contributed by atoms with Crippen LogP contribution in [0.15, 0.2) is 17.9 Å². The molecular formula is C16H28O2. The Bertz CT molecular complexity index is 262. The highest BCUT2D eigenvalue weighted by atomic mass is 16.5. The van der Waals surface area contributed by atoms with Crippen molar-refractivity contribution in [3.63, 3.8) is 0 Å². The van der Waals surface area contributed by atoms with Crippen molar-refractivity contribution in [1.82, 2.24) is 0 Å². The van der Waals surface area contributed by atoms with Gasteiger partial charge >= 0.3 is 5.97 Å². The largest absolute Gasteiger partial charge is 0.466 e. The Hall–Kier alpha value is -1.01. The van der Waals surface area contributed by atoms with Crippen LogP contribution in [0.4, 0.5) is 0 Å². The van der Waals surface area contributed by atoms with E-state index in [1.54, 1.807) is 0 Å². The Kier molecular flexibility index (Phi) is 11.7. The second kappa shape index (κ2) is 12.4. The van der Waals surface area contributed by atoms with E-state index >= 15 is 0 Å². The molecule has 0 bridgehead atoms. The van der Waals surface area contributed by atoms with Crippen molar-refractivity contribution >= 4 is 5.97 Å². The van der Waals surface area contributed by atoms with Gasteiger partial charge < -0.3 is 4.74 Å². The van der Waals surface area contributed by atoms with Gasteiger partial charge in [-0.2, -0.15) is 0 Å². The molecule has 18 heavy (non-hydrogen) atoms. The molecule has 0 aliphatic carbocycles. The van der Waals surface area contributed by atoms with Crippen molar-refractivity contribution in [3.05, 3.63) is 17.9 Å². The van der Waals surface area contributed by atoms with E-state index in [9.17, 15) is 4.79 Å². The zero-order valence-corrected chi connectivity index (χ0v) is 12.2. The van der Waals surface area contributed by atoms with Crippen LogP contribution in [0, 0.1) is 5.92 Å². The molecular weight excluding hydrogens is 224 g/mol. The minimum atomic E-state index is -0.0395. The third-order valence-electron chi connectivity index (χ3n) is 2.91. The first-order valence-corrected chi connectivity index (χ1v) is 7.21. The standard InChI is InChI=1S/C16H28O2/c1-4-6-8-10-12-16(17)18-14-13-15(3)11-9-7-5-2/h5,9,15H,4,6,8,10-14H2,1-3H3. The van der Waals surface area contributed by atoms with Gasteiger partial charge in [0.05, 0.1) is 6.61 Å². The van der Waals surface area contributed by atoms with Crippen molar-refractivity contribution in [2.24, 2.45) is 5.92 Å². The first kappa shape index (κ1) is 17.0. The van der Waals surface area contributed by atoms with Gasteiger partial charge in [-0.25, -0.2) is 0 Å². The summed E-state index contributed by atoms with van der Waals surface area (Å²) in [7, 11) is 0. The summed E-state index contributed by atoms with van der Waals surface area (Å²) in [6.07, 6.45) is 11.0. The first-order valence-electron chi connectivity index (χ1n) is 7.21. The van der Waals surface area contributed by atoms with Crippen LogP contribution in [-0.4, -0.2) is 12.6 Å². The third-order valence-corrected chi connectivity index (χ3v) is 2.91. The molecule has 1 unspecified atom stereocenters. The molecule has 2 nitrogen and oxygen atoms in total. The molecule has 1 atom stereocenters. The summed E-state index contributed by atoms with van der Waals surface area (Å²) < 4.78 is 5.22. The quantitative estimate of drug-likeness (QED) is 0.321. The van der Waals surface area contributed by atoms with Crippen LogP contribution in [0.25, 0.3) is 0 Å². The summed E-state index contributed by atoms with van der Waals surface area (Å²) in [5.74, 6) is 0.507. The van der Waals surface area contributed by atoms with Gasteiger partial charge in [0, 0.05) is 6.42 Å². The molecule has 0 heterocycles. The minimum absolute atomic E-state index is 0.0395. The molecule has 2 heteroatoms. The SMILES string of the molecule is CC=C=CCC(C)CCOC(=O)CCCCCC. The number of carbonyl (C=O) groups excluding carboxylic acids is 1. The number of esters is 1. The lowest BCUT2D eigenvalue weighted by Gasteiger charge is -2.09. The summed E-state index contributed by atoms with van der Waals surface area (Å²) in [4.78, 5) is 11.4. The van der Waals surface area contributed by atoms with Crippen molar-refractivity contribution < 1.29 is 9.53 Å². The second-order valence-electron chi connectivity index (χ2n) is 4.82. The normalized spacial score (nSPS) is 11.5. The fraction of sp³-hybridized carbons (Fsp3) is 0.750. The van der Waals surface area contributed by atoms with E-state index in [2.05, 4.69) is 19.6 Å². The predicted octanol–water partition coefficient (Wildman–Crippen LogP) is 4.65. The molecule has 0 rings (SSSR count). The van der Waals surface area contributed by atoms with Crippen LogP contribution >= 0.6 is 0 Å². The van der Waals surface area contributed by atoms with Gasteiger partial charge in [-0.05, 0) is 44.3 Å². The average molecular weight is 252 g/mol. The second-order valence-corrected chi connectivity index (χ2v) is 4.82. The predicted molar refractivity (Wildman–Crippen MR) is 76.4 cm³/mol. The molecule has 0 aromatic carbocycles. The molecule has 0 aliphatic heterocycles. The van der Waals surface area contributed by atoms with E-state index in [-0.39, 0.29) is 5.97 Å². The molecule has 0 fully saturated rings. The number of rotatable bonds is 10. The fourth-order valence-corrected chi connectivity index (χ4v) is 1.65. The van der Waals surface area contributed by atoms with Gasteiger partial charge in [-0.3, -0.25) is 4.79 Å². The highest BCUT2D eigenvalue weighted by molar-refractivity contribution is 5.69. The Balaban J connectivity index is 3.46. The van der Waals surface area contributed by atoms with Crippen LogP contribution in [0.1, 0.15) is 65.7 Å². The molecule has 0 N–H and O–H groups in total. The molecule has 0 radical (unpaired) electrons. The summed E-state index contributed by atoms with van der Waals surface area (Å²) in [6.45, 7) is 6.85. The zero-order chi connectivity index (χ0) is 13.6. The molecule has 0 spiro atoms. The lowest BCUT2D eigenvalue weighted by Crippen LogP contribution is -2.08. The van der Waals surface area contributed by atoms with Gasteiger partial charge in [0.2, 0.25) is 0 Å². The lowest BCUT2D eigenvalue weighted by atomic mass is 10.0. The molecule has 0 aromatic rings. The van der Waals surface area contributed by atoms with Gasteiger partial charge in [-0.1, -0.05) is 33.1 Å². The monoisotopic (exact) mass is 252 g/mol. The molecule has 0 aromatic heterocycles. The molecule has 104 valence electrons. The lowest BCUT2D eigenvalue weighted by molar-refractivity contribution is -0.144. The van der Waals surface area contributed by atoms with E-state index in [0.29, 0.717) is 18.9 Å². The van der Waals surface area contributed by atoms with Gasteiger partial charge in [-0.15, -0.1) is 5.73 Å². The summed E-state index contributed by atoms with van der Waals surface area (Å²) in [6, 6.07) is 0. The van der Waals surface area contributed by atoms with Crippen LogP contribution in [-0.2, 0) is 9.53 Å². The summed E-state index contributed by atoms with van der Waals surface area (Å²) in [5.41, 5.74) is 3.06. The zero-order valence-electron chi connectivity index (χ0n) is 12.2. The Morgan fingerprint density at radius 3 is 2.78 bits per heavy atom. The van der Waals surface area contributed by atoms with Crippen LogP contribution < -0.4 is 0 Å². The maximum Gasteiger partial charge on any atom is 0.305 e. The number of allylic oxidation sites excluding steroid dienone is 1. The average Bonchev–Trinajstić information content (AvgIpc) is 2.35. The van der Waals surface area contributed by atoms with Gasteiger partial charge in [0.15, 0.2) is 0 Å². The van der Waals surface area contributed by atoms with Crippen molar-refractivity contribution in [1.29, 1.82) is 0 Å². The van der Waals surface area contributed by atoms with Crippen molar-refractivity contribution in [2.75, 3.05) is 6.61 Å². The van der Waals surface area contributed by atoms with Crippen LogP contribution in [0.3, 0.4) is 0 Å². The number of unbranched alkanes of at least 4 members (excludes halogenated alkanes) is 3. The number of ether oxygens (including phenoxy) is 1. The van der Waals surface area contributed by atoms with E-state index in [1.165, 1.54) is 12.8 Å². The molecule has 0 aliphatic rings. The Morgan fingerprint density at radius 2 is 2.11 bits per heavy atom. The maximum atomic E-state index is 11.4. The highest BCUT2D eigenvalue weighted by Crippen LogP contribution is 2.09. The van der Waals surface area contributed by atoms with Gasteiger partial charge in [0.25, 0.3) is 0 Å². The summed E-state index contributed by atoms with van der Waals surface area (Å²) in [5, 5.41) is 0. The molecule has 0 amide bonds. The topological polar surface area (TPSA) is 26.3 Å². The van der Waals surface area contributed by atoms with Crippen molar-refractivity contribution in [2.45, 2.75) is 65.7 Å². The Labute approximate surface area is 112 Å².